The molecule has 1 heterocycles. The lowest BCUT2D eigenvalue weighted by Gasteiger charge is -2.31. The Morgan fingerprint density at radius 1 is 0.957 bits per heavy atom. The zero-order valence-electron chi connectivity index (χ0n) is 14.6. The van der Waals surface area contributed by atoms with E-state index < -0.39 is 0 Å². The van der Waals surface area contributed by atoms with Gasteiger partial charge in [-0.3, -0.25) is 4.79 Å². The molecule has 132 valence electrons. The molecule has 1 saturated carbocycles. The van der Waals surface area contributed by atoms with Crippen molar-refractivity contribution in [2.75, 3.05) is 19.6 Å². The Labute approximate surface area is 140 Å². The molecule has 23 heavy (non-hydrogen) atoms. The van der Waals surface area contributed by atoms with Crippen LogP contribution < -0.4 is 10.6 Å². The highest BCUT2D eigenvalue weighted by molar-refractivity contribution is 5.79. The fourth-order valence-electron chi connectivity index (χ4n) is 3.10. The summed E-state index contributed by atoms with van der Waals surface area (Å²) in [6, 6.07) is 0.458. The molecular formula is C18H33N3O2. The number of rotatable bonds is 9. The van der Waals surface area contributed by atoms with Crippen molar-refractivity contribution in [1.82, 2.24) is 15.5 Å². The maximum atomic E-state index is 12.2. The normalized spacial score (nSPS) is 18.7. The van der Waals surface area contributed by atoms with Crippen molar-refractivity contribution >= 4 is 11.9 Å². The minimum atomic E-state index is 0.0541. The number of nitrogens with zero attached hydrogens (tertiary/aromatic N) is 1. The number of unbranched alkanes of at least 4 members (excludes halogenated alkanes) is 5. The van der Waals surface area contributed by atoms with Crippen LogP contribution in [-0.2, 0) is 4.79 Å². The molecule has 5 heteroatoms. The lowest BCUT2D eigenvalue weighted by Crippen LogP contribution is -2.47. The van der Waals surface area contributed by atoms with Crippen LogP contribution in [0.2, 0.25) is 0 Å². The van der Waals surface area contributed by atoms with Crippen LogP contribution in [0.5, 0.6) is 0 Å². The Kier molecular flexibility index (Phi) is 7.69. The van der Waals surface area contributed by atoms with E-state index in [1.807, 2.05) is 4.90 Å². The second-order valence-electron chi connectivity index (χ2n) is 7.04. The molecule has 0 bridgehead atoms. The predicted octanol–water partition coefficient (Wildman–Crippen LogP) is 3.05. The van der Waals surface area contributed by atoms with Crippen LogP contribution in [0.1, 0.15) is 71.1 Å². The van der Waals surface area contributed by atoms with Crippen LogP contribution in [-0.4, -0.2) is 42.5 Å². The highest BCUT2D eigenvalue weighted by Gasteiger charge is 2.30. The molecule has 1 aliphatic carbocycles. The monoisotopic (exact) mass is 323 g/mol. The highest BCUT2D eigenvalue weighted by atomic mass is 16.2. The number of nitrogens with one attached hydrogen (secondary N) is 2. The largest absolute Gasteiger partial charge is 0.356 e. The van der Waals surface area contributed by atoms with Gasteiger partial charge < -0.3 is 15.5 Å². The van der Waals surface area contributed by atoms with Crippen molar-refractivity contribution in [2.45, 2.75) is 77.2 Å². The average molecular weight is 323 g/mol. The fourth-order valence-corrected chi connectivity index (χ4v) is 3.10. The Morgan fingerprint density at radius 2 is 1.61 bits per heavy atom. The van der Waals surface area contributed by atoms with Crippen LogP contribution in [0.15, 0.2) is 0 Å². The first-order valence-corrected chi connectivity index (χ1v) is 9.54. The summed E-state index contributed by atoms with van der Waals surface area (Å²) >= 11 is 0. The maximum absolute atomic E-state index is 12.2. The van der Waals surface area contributed by atoms with Gasteiger partial charge in [0, 0.05) is 31.6 Å². The molecule has 2 rings (SSSR count). The smallest absolute Gasteiger partial charge is 0.317 e. The molecule has 0 aromatic carbocycles. The Morgan fingerprint density at radius 3 is 2.26 bits per heavy atom. The molecular weight excluding hydrogens is 290 g/mol. The summed E-state index contributed by atoms with van der Waals surface area (Å²) in [5.41, 5.74) is 0. The Hall–Kier alpha value is -1.26. The number of carbonyl (C=O) groups excluding carboxylic acids is 2. The van der Waals surface area contributed by atoms with Gasteiger partial charge in [-0.1, -0.05) is 39.0 Å². The van der Waals surface area contributed by atoms with E-state index in [1.54, 1.807) is 0 Å². The molecule has 5 nitrogen and oxygen atoms in total. The number of urea groups is 1. The first-order chi connectivity index (χ1) is 11.2. The molecule has 0 radical (unpaired) electrons. The molecule has 0 spiro atoms. The van der Waals surface area contributed by atoms with Crippen molar-refractivity contribution in [3.05, 3.63) is 0 Å². The summed E-state index contributed by atoms with van der Waals surface area (Å²) in [6.45, 7) is 4.43. The summed E-state index contributed by atoms with van der Waals surface area (Å²) in [6.07, 6.45) is 11.3. The summed E-state index contributed by atoms with van der Waals surface area (Å²) < 4.78 is 0. The molecule has 3 amide bonds. The molecule has 2 N–H and O–H groups in total. The number of amides is 3. The van der Waals surface area contributed by atoms with E-state index in [4.69, 9.17) is 0 Å². The van der Waals surface area contributed by atoms with Crippen molar-refractivity contribution in [2.24, 2.45) is 5.92 Å². The van der Waals surface area contributed by atoms with E-state index in [1.165, 1.54) is 32.1 Å². The molecule has 0 aromatic heterocycles. The highest BCUT2D eigenvalue weighted by Crippen LogP contribution is 2.21. The Balaban J connectivity index is 1.52. The summed E-state index contributed by atoms with van der Waals surface area (Å²) in [7, 11) is 0. The summed E-state index contributed by atoms with van der Waals surface area (Å²) in [5.74, 6) is 0.265. The second kappa shape index (κ2) is 9.78. The van der Waals surface area contributed by atoms with Gasteiger partial charge in [-0.25, -0.2) is 4.79 Å². The van der Waals surface area contributed by atoms with Gasteiger partial charge in [0.05, 0.1) is 0 Å². The van der Waals surface area contributed by atoms with Gasteiger partial charge in [0.15, 0.2) is 0 Å². The molecule has 1 aliphatic heterocycles. The standard InChI is InChI=1S/C18H33N3O2/c1-2-3-4-5-6-7-12-19-17(22)15-10-13-21(14-11-15)18(23)20-16-8-9-16/h15-16H,2-14H2,1H3,(H,19,22)(H,20,23). The molecule has 2 aliphatic rings. The number of likely N-dealkylation sites (tertiary alicyclic amines) is 1. The van der Waals surface area contributed by atoms with E-state index in [0.29, 0.717) is 19.1 Å². The number of hydrogen-bond donors (Lipinski definition) is 2. The van der Waals surface area contributed by atoms with E-state index in [-0.39, 0.29) is 17.9 Å². The van der Waals surface area contributed by atoms with Crippen molar-refractivity contribution in [3.8, 4) is 0 Å². The Bertz CT molecular complexity index is 374. The quantitative estimate of drug-likeness (QED) is 0.641. The van der Waals surface area contributed by atoms with Gasteiger partial charge >= 0.3 is 6.03 Å². The van der Waals surface area contributed by atoms with Crippen LogP contribution >= 0.6 is 0 Å². The minimum Gasteiger partial charge on any atom is -0.356 e. The number of hydrogen-bond acceptors (Lipinski definition) is 2. The van der Waals surface area contributed by atoms with Crippen molar-refractivity contribution in [1.29, 1.82) is 0 Å². The van der Waals surface area contributed by atoms with Crippen molar-refractivity contribution < 1.29 is 9.59 Å². The van der Waals surface area contributed by atoms with Gasteiger partial charge in [-0.15, -0.1) is 0 Å². The molecule has 0 aromatic rings. The molecule has 1 saturated heterocycles. The first kappa shape index (κ1) is 18.1. The third-order valence-electron chi connectivity index (χ3n) is 4.89. The van der Waals surface area contributed by atoms with Crippen molar-refractivity contribution in [3.63, 3.8) is 0 Å². The summed E-state index contributed by atoms with van der Waals surface area (Å²) in [5, 5.41) is 6.09. The second-order valence-corrected chi connectivity index (χ2v) is 7.04. The van der Waals surface area contributed by atoms with Gasteiger partial charge in [0.25, 0.3) is 0 Å². The van der Waals surface area contributed by atoms with Crippen LogP contribution in [0.25, 0.3) is 0 Å². The first-order valence-electron chi connectivity index (χ1n) is 9.54. The third-order valence-corrected chi connectivity index (χ3v) is 4.89. The molecule has 0 atom stereocenters. The van der Waals surface area contributed by atoms with Crippen LogP contribution in [0.4, 0.5) is 4.79 Å². The zero-order valence-corrected chi connectivity index (χ0v) is 14.6. The van der Waals surface area contributed by atoms with Crippen LogP contribution in [0.3, 0.4) is 0 Å². The average Bonchev–Trinajstić information content (AvgIpc) is 3.38. The topological polar surface area (TPSA) is 61.4 Å². The lowest BCUT2D eigenvalue weighted by atomic mass is 9.96. The van der Waals surface area contributed by atoms with E-state index in [0.717, 1.165) is 38.6 Å². The third kappa shape index (κ3) is 6.80. The van der Waals surface area contributed by atoms with E-state index in [2.05, 4.69) is 17.6 Å². The number of carbonyl (C=O) groups is 2. The molecule has 0 unspecified atom stereocenters. The number of piperidine rings is 1. The van der Waals surface area contributed by atoms with Gasteiger partial charge in [-0.05, 0) is 32.1 Å². The van der Waals surface area contributed by atoms with Gasteiger partial charge in [0.1, 0.15) is 0 Å². The van der Waals surface area contributed by atoms with Gasteiger partial charge in [0.2, 0.25) is 5.91 Å². The maximum Gasteiger partial charge on any atom is 0.317 e. The predicted molar refractivity (Wildman–Crippen MR) is 92.2 cm³/mol. The lowest BCUT2D eigenvalue weighted by molar-refractivity contribution is -0.126. The fraction of sp³-hybridized carbons (Fsp3) is 0.889. The van der Waals surface area contributed by atoms with Crippen LogP contribution in [0, 0.1) is 5.92 Å². The van der Waals surface area contributed by atoms with E-state index in [9.17, 15) is 9.59 Å². The zero-order chi connectivity index (χ0) is 16.5. The minimum absolute atomic E-state index is 0.0541. The molecule has 2 fully saturated rings. The SMILES string of the molecule is CCCCCCCCNC(=O)C1CCN(C(=O)NC2CC2)CC1. The van der Waals surface area contributed by atoms with E-state index >= 15 is 0 Å². The summed E-state index contributed by atoms with van der Waals surface area (Å²) in [4.78, 5) is 26.0. The van der Waals surface area contributed by atoms with Gasteiger partial charge in [-0.2, -0.15) is 0 Å².